The van der Waals surface area contributed by atoms with Crippen molar-refractivity contribution in [2.24, 2.45) is 0 Å². The van der Waals surface area contributed by atoms with Crippen LogP contribution >= 0.6 is 0 Å². The molecule has 0 aliphatic carbocycles. The topological polar surface area (TPSA) is 56.4 Å². The zero-order chi connectivity index (χ0) is 14.9. The fourth-order valence-corrected chi connectivity index (χ4v) is 2.65. The molecule has 5 nitrogen and oxygen atoms in total. The zero-order valence-corrected chi connectivity index (χ0v) is 12.3. The van der Waals surface area contributed by atoms with E-state index in [2.05, 4.69) is 16.0 Å². The van der Waals surface area contributed by atoms with Gasteiger partial charge in [-0.2, -0.15) is 0 Å². The summed E-state index contributed by atoms with van der Waals surface area (Å²) in [6.45, 7) is 0.310. The molecule has 112 valence electrons. The van der Waals surface area contributed by atoms with E-state index in [-0.39, 0.29) is 0 Å². The normalized spacial score (nSPS) is 12.8. The van der Waals surface area contributed by atoms with E-state index < -0.39 is 0 Å². The van der Waals surface area contributed by atoms with Crippen molar-refractivity contribution in [3.63, 3.8) is 0 Å². The molecule has 2 aromatic carbocycles. The molecule has 1 aromatic heterocycles. The Morgan fingerprint density at radius 2 is 2.00 bits per heavy atom. The van der Waals surface area contributed by atoms with Gasteiger partial charge in [0.15, 0.2) is 11.5 Å². The second-order valence-corrected chi connectivity index (χ2v) is 5.25. The third-order valence-electron chi connectivity index (χ3n) is 3.83. The highest BCUT2D eigenvalue weighted by Crippen LogP contribution is 2.32. The SMILES string of the molecule is COc1ccc2nc(CCc3ccc4c(c3)OCO4)[nH]c2c1. The van der Waals surface area contributed by atoms with E-state index in [1.54, 1.807) is 7.11 Å². The van der Waals surface area contributed by atoms with E-state index in [0.29, 0.717) is 6.79 Å². The Kier molecular flexibility index (Phi) is 3.11. The molecule has 3 aromatic rings. The number of methoxy groups -OCH3 is 1. The summed E-state index contributed by atoms with van der Waals surface area (Å²) in [5.74, 6) is 3.45. The lowest BCUT2D eigenvalue weighted by atomic mass is 10.1. The molecule has 1 aliphatic rings. The molecule has 0 spiro atoms. The predicted molar refractivity (Wildman–Crippen MR) is 82.6 cm³/mol. The summed E-state index contributed by atoms with van der Waals surface area (Å²) in [5.41, 5.74) is 3.17. The number of fused-ring (bicyclic) bond motifs is 2. The summed E-state index contributed by atoms with van der Waals surface area (Å²) in [4.78, 5) is 7.95. The minimum absolute atomic E-state index is 0.310. The minimum Gasteiger partial charge on any atom is -0.497 e. The number of hydrogen-bond donors (Lipinski definition) is 1. The third kappa shape index (κ3) is 2.35. The van der Waals surface area contributed by atoms with E-state index in [9.17, 15) is 0 Å². The summed E-state index contributed by atoms with van der Waals surface area (Å²) in [6.07, 6.45) is 1.74. The quantitative estimate of drug-likeness (QED) is 0.804. The maximum absolute atomic E-state index is 5.41. The number of hydrogen-bond acceptors (Lipinski definition) is 4. The Balaban J connectivity index is 1.51. The number of ether oxygens (including phenoxy) is 3. The van der Waals surface area contributed by atoms with Gasteiger partial charge in [0.25, 0.3) is 0 Å². The summed E-state index contributed by atoms with van der Waals surface area (Å²) >= 11 is 0. The van der Waals surface area contributed by atoms with Gasteiger partial charge in [-0.05, 0) is 36.2 Å². The molecule has 0 bridgehead atoms. The van der Waals surface area contributed by atoms with Crippen LogP contribution in [0.2, 0.25) is 0 Å². The second kappa shape index (κ2) is 5.26. The zero-order valence-electron chi connectivity index (χ0n) is 12.3. The molecule has 2 heterocycles. The molecule has 1 N–H and O–H groups in total. The van der Waals surface area contributed by atoms with Crippen LogP contribution in [0.15, 0.2) is 36.4 Å². The third-order valence-corrected chi connectivity index (χ3v) is 3.83. The van der Waals surface area contributed by atoms with Crippen molar-refractivity contribution >= 4 is 11.0 Å². The lowest BCUT2D eigenvalue weighted by Gasteiger charge is -2.01. The molecule has 0 saturated heterocycles. The van der Waals surface area contributed by atoms with Crippen molar-refractivity contribution in [2.75, 3.05) is 13.9 Å². The lowest BCUT2D eigenvalue weighted by Crippen LogP contribution is -1.94. The van der Waals surface area contributed by atoms with Crippen LogP contribution in [0.5, 0.6) is 17.2 Å². The Hall–Kier alpha value is -2.69. The first-order chi connectivity index (χ1) is 10.8. The summed E-state index contributed by atoms with van der Waals surface area (Å²) in [5, 5.41) is 0. The first-order valence-electron chi connectivity index (χ1n) is 7.23. The highest BCUT2D eigenvalue weighted by molar-refractivity contribution is 5.76. The first-order valence-corrected chi connectivity index (χ1v) is 7.23. The van der Waals surface area contributed by atoms with Crippen LogP contribution in [0.1, 0.15) is 11.4 Å². The molecule has 22 heavy (non-hydrogen) atoms. The average Bonchev–Trinajstić information content (AvgIpc) is 3.17. The largest absolute Gasteiger partial charge is 0.497 e. The minimum atomic E-state index is 0.310. The average molecular weight is 296 g/mol. The molecular formula is C17H16N2O3. The number of aromatic amines is 1. The van der Waals surface area contributed by atoms with Crippen molar-refractivity contribution in [1.29, 1.82) is 0 Å². The van der Waals surface area contributed by atoms with Crippen molar-refractivity contribution in [1.82, 2.24) is 9.97 Å². The van der Waals surface area contributed by atoms with E-state index in [1.165, 1.54) is 5.56 Å². The molecule has 0 unspecified atom stereocenters. The van der Waals surface area contributed by atoms with Gasteiger partial charge >= 0.3 is 0 Å². The molecule has 0 atom stereocenters. The molecule has 0 amide bonds. The van der Waals surface area contributed by atoms with E-state index in [0.717, 1.165) is 46.9 Å². The van der Waals surface area contributed by atoms with E-state index >= 15 is 0 Å². The number of nitrogens with one attached hydrogen (secondary N) is 1. The van der Waals surface area contributed by atoms with Gasteiger partial charge in [-0.1, -0.05) is 6.07 Å². The molecule has 1 aliphatic heterocycles. The molecule has 0 radical (unpaired) electrons. The number of aromatic nitrogens is 2. The summed E-state index contributed by atoms with van der Waals surface area (Å²) in [7, 11) is 1.66. The molecule has 0 saturated carbocycles. The fourth-order valence-electron chi connectivity index (χ4n) is 2.65. The van der Waals surface area contributed by atoms with Crippen molar-refractivity contribution in [3.05, 3.63) is 47.8 Å². The number of H-pyrrole nitrogens is 1. The van der Waals surface area contributed by atoms with Crippen LogP contribution in [0, 0.1) is 0 Å². The van der Waals surface area contributed by atoms with Crippen LogP contribution in [0.25, 0.3) is 11.0 Å². The van der Waals surface area contributed by atoms with Crippen LogP contribution in [0.4, 0.5) is 0 Å². The smallest absolute Gasteiger partial charge is 0.231 e. The highest BCUT2D eigenvalue weighted by Gasteiger charge is 2.13. The fraction of sp³-hybridized carbons (Fsp3) is 0.235. The Labute approximate surface area is 127 Å². The molecule has 0 fully saturated rings. The molecule has 4 rings (SSSR count). The van der Waals surface area contributed by atoms with Crippen molar-refractivity contribution < 1.29 is 14.2 Å². The first kappa shape index (κ1) is 13.0. The lowest BCUT2D eigenvalue weighted by molar-refractivity contribution is 0.174. The van der Waals surface area contributed by atoms with Gasteiger partial charge < -0.3 is 19.2 Å². The Bertz CT molecular complexity index is 826. The number of aryl methyl sites for hydroxylation is 2. The van der Waals surface area contributed by atoms with E-state index in [1.807, 2.05) is 30.3 Å². The molecular weight excluding hydrogens is 280 g/mol. The van der Waals surface area contributed by atoms with Crippen LogP contribution in [0.3, 0.4) is 0 Å². The number of rotatable bonds is 4. The van der Waals surface area contributed by atoms with E-state index in [4.69, 9.17) is 14.2 Å². The van der Waals surface area contributed by atoms with Gasteiger partial charge in [-0.15, -0.1) is 0 Å². The highest BCUT2D eigenvalue weighted by atomic mass is 16.7. The van der Waals surface area contributed by atoms with Crippen molar-refractivity contribution in [2.45, 2.75) is 12.8 Å². The van der Waals surface area contributed by atoms with Gasteiger partial charge in [0.1, 0.15) is 11.6 Å². The van der Waals surface area contributed by atoms with Crippen LogP contribution in [-0.2, 0) is 12.8 Å². The monoisotopic (exact) mass is 296 g/mol. The maximum atomic E-state index is 5.41. The second-order valence-electron chi connectivity index (χ2n) is 5.25. The van der Waals surface area contributed by atoms with Crippen LogP contribution in [-0.4, -0.2) is 23.9 Å². The summed E-state index contributed by atoms with van der Waals surface area (Å²) in [6, 6.07) is 11.9. The standard InChI is InChI=1S/C17H16N2O3/c1-20-12-4-5-13-14(9-12)19-17(18-13)7-3-11-2-6-15-16(8-11)22-10-21-15/h2,4-6,8-9H,3,7,10H2,1H3,(H,18,19). The number of benzene rings is 2. The Morgan fingerprint density at radius 1 is 1.09 bits per heavy atom. The Morgan fingerprint density at radius 3 is 2.91 bits per heavy atom. The number of nitrogens with zero attached hydrogens (tertiary/aromatic N) is 1. The van der Waals surface area contributed by atoms with Crippen molar-refractivity contribution in [3.8, 4) is 17.2 Å². The summed E-state index contributed by atoms with van der Waals surface area (Å²) < 4.78 is 16.0. The van der Waals surface area contributed by atoms with Gasteiger partial charge in [-0.25, -0.2) is 4.98 Å². The van der Waals surface area contributed by atoms with Gasteiger partial charge in [0.05, 0.1) is 18.1 Å². The van der Waals surface area contributed by atoms with Gasteiger partial charge in [0.2, 0.25) is 6.79 Å². The predicted octanol–water partition coefficient (Wildman–Crippen LogP) is 3.09. The van der Waals surface area contributed by atoms with Gasteiger partial charge in [0, 0.05) is 12.5 Å². The van der Waals surface area contributed by atoms with Crippen LogP contribution < -0.4 is 14.2 Å². The number of imidazole rings is 1. The maximum Gasteiger partial charge on any atom is 0.231 e. The van der Waals surface area contributed by atoms with Gasteiger partial charge in [-0.3, -0.25) is 0 Å². The molecule has 5 heteroatoms.